The fraction of sp³-hybridized carbons (Fsp3) is 0.400. The largest absolute Gasteiger partial charge is 0.456 e. The van der Waals surface area contributed by atoms with Gasteiger partial charge in [0.1, 0.15) is 6.61 Å². The number of hydrogen-bond acceptors (Lipinski definition) is 5. The average molecular weight is 289 g/mol. The first-order chi connectivity index (χ1) is 10.2. The van der Waals surface area contributed by atoms with Gasteiger partial charge in [0, 0.05) is 13.2 Å². The smallest absolute Gasteiger partial charge is 0.361 e. The summed E-state index contributed by atoms with van der Waals surface area (Å²) in [6.07, 6.45) is 1.49. The van der Waals surface area contributed by atoms with E-state index in [-0.39, 0.29) is 18.9 Å². The minimum atomic E-state index is -0.468. The first-order valence-corrected chi connectivity index (χ1v) is 6.94. The molecule has 0 saturated heterocycles. The summed E-state index contributed by atoms with van der Waals surface area (Å²) in [6.45, 7) is 2.79. The van der Waals surface area contributed by atoms with E-state index in [1.165, 1.54) is 0 Å². The molecule has 0 aliphatic rings. The molecule has 2 aromatic rings. The summed E-state index contributed by atoms with van der Waals surface area (Å²) >= 11 is 0. The number of carbonyl (C=O) groups is 1. The van der Waals surface area contributed by atoms with Crippen LogP contribution in [0.2, 0.25) is 0 Å². The molecule has 2 rings (SSSR count). The van der Waals surface area contributed by atoms with Crippen LogP contribution in [0.1, 0.15) is 34.6 Å². The lowest BCUT2D eigenvalue weighted by molar-refractivity contribution is 0.0464. The van der Waals surface area contributed by atoms with Crippen LogP contribution in [0, 0.1) is 6.92 Å². The Hall–Kier alpha value is -2.21. The van der Waals surface area contributed by atoms with Crippen molar-refractivity contribution in [1.29, 1.82) is 0 Å². The summed E-state index contributed by atoms with van der Waals surface area (Å²) in [7, 11) is 0. The van der Waals surface area contributed by atoms with Crippen molar-refractivity contribution < 1.29 is 14.6 Å². The molecule has 112 valence electrons. The second-order valence-electron chi connectivity index (χ2n) is 4.74. The number of aliphatic hydroxyl groups is 1. The van der Waals surface area contributed by atoms with Crippen molar-refractivity contribution in [2.45, 2.75) is 32.9 Å². The number of hydrogen-bond donors (Lipinski definition) is 1. The first kappa shape index (κ1) is 15.2. The lowest BCUT2D eigenvalue weighted by atomic mass is 10.2. The molecule has 0 spiro atoms. The van der Waals surface area contributed by atoms with Gasteiger partial charge in [-0.15, -0.1) is 5.10 Å². The molecule has 6 nitrogen and oxygen atoms in total. The Kier molecular flexibility index (Phi) is 5.45. The van der Waals surface area contributed by atoms with E-state index in [2.05, 4.69) is 10.3 Å². The molecule has 0 saturated carbocycles. The number of aryl methyl sites for hydroxylation is 1. The second kappa shape index (κ2) is 7.54. The maximum Gasteiger partial charge on any atom is 0.361 e. The number of esters is 1. The van der Waals surface area contributed by atoms with Crippen molar-refractivity contribution in [2.75, 3.05) is 6.61 Å². The van der Waals surface area contributed by atoms with Crippen LogP contribution < -0.4 is 0 Å². The SMILES string of the molecule is Cc1c(C(=O)OCc2ccccc2)nnn1CCCCO. The van der Waals surface area contributed by atoms with E-state index in [1.54, 1.807) is 11.6 Å². The Labute approximate surface area is 123 Å². The highest BCUT2D eigenvalue weighted by molar-refractivity contribution is 5.88. The van der Waals surface area contributed by atoms with Crippen molar-refractivity contribution in [1.82, 2.24) is 15.0 Å². The molecule has 6 heteroatoms. The number of aromatic nitrogens is 3. The highest BCUT2D eigenvalue weighted by Gasteiger charge is 2.17. The zero-order valence-corrected chi connectivity index (χ0v) is 12.0. The molecule has 0 radical (unpaired) electrons. The molecule has 1 aromatic carbocycles. The van der Waals surface area contributed by atoms with Crippen LogP contribution >= 0.6 is 0 Å². The standard InChI is InChI=1S/C15H19N3O3/c1-12-14(16-17-18(12)9-5-6-10-19)15(20)21-11-13-7-3-2-4-8-13/h2-4,7-8,19H,5-6,9-11H2,1H3. The maximum atomic E-state index is 12.0. The number of benzene rings is 1. The Morgan fingerprint density at radius 1 is 1.29 bits per heavy atom. The molecule has 0 atom stereocenters. The average Bonchev–Trinajstić information content (AvgIpc) is 2.87. The van der Waals surface area contributed by atoms with Gasteiger partial charge in [0.15, 0.2) is 5.69 Å². The Morgan fingerprint density at radius 3 is 2.76 bits per heavy atom. The van der Waals surface area contributed by atoms with Gasteiger partial charge in [0.2, 0.25) is 0 Å². The van der Waals surface area contributed by atoms with Gasteiger partial charge in [-0.05, 0) is 25.3 Å². The topological polar surface area (TPSA) is 77.2 Å². The minimum Gasteiger partial charge on any atom is -0.456 e. The third-order valence-corrected chi connectivity index (χ3v) is 3.17. The van der Waals surface area contributed by atoms with Crippen LogP contribution in [0.15, 0.2) is 30.3 Å². The lowest BCUT2D eigenvalue weighted by Crippen LogP contribution is -2.09. The van der Waals surface area contributed by atoms with E-state index in [0.717, 1.165) is 12.0 Å². The summed E-state index contributed by atoms with van der Waals surface area (Å²) in [6, 6.07) is 9.49. The number of carbonyl (C=O) groups excluding carboxylic acids is 1. The molecule has 0 unspecified atom stereocenters. The van der Waals surface area contributed by atoms with Crippen LogP contribution in [0.25, 0.3) is 0 Å². The summed E-state index contributed by atoms with van der Waals surface area (Å²) in [5.74, 6) is -0.468. The molecular weight excluding hydrogens is 270 g/mol. The Balaban J connectivity index is 1.93. The van der Waals surface area contributed by atoms with Crippen molar-refractivity contribution in [2.24, 2.45) is 0 Å². The molecule has 1 N–H and O–H groups in total. The number of rotatable bonds is 7. The van der Waals surface area contributed by atoms with Gasteiger partial charge in [0.05, 0.1) is 5.69 Å². The lowest BCUT2D eigenvalue weighted by Gasteiger charge is -2.04. The van der Waals surface area contributed by atoms with E-state index >= 15 is 0 Å². The zero-order valence-electron chi connectivity index (χ0n) is 12.0. The normalized spacial score (nSPS) is 10.6. The van der Waals surface area contributed by atoms with Gasteiger partial charge in [-0.1, -0.05) is 35.5 Å². The third kappa shape index (κ3) is 4.13. The molecule has 0 aliphatic carbocycles. The van der Waals surface area contributed by atoms with E-state index in [4.69, 9.17) is 9.84 Å². The summed E-state index contributed by atoms with van der Waals surface area (Å²) < 4.78 is 6.90. The molecule has 0 amide bonds. The van der Waals surface area contributed by atoms with Gasteiger partial charge >= 0.3 is 5.97 Å². The molecular formula is C15H19N3O3. The molecule has 1 aromatic heterocycles. The van der Waals surface area contributed by atoms with Crippen LogP contribution in [0.3, 0.4) is 0 Å². The van der Waals surface area contributed by atoms with Gasteiger partial charge in [-0.2, -0.15) is 0 Å². The molecule has 1 heterocycles. The van der Waals surface area contributed by atoms with Gasteiger partial charge in [-0.3, -0.25) is 0 Å². The minimum absolute atomic E-state index is 0.152. The highest BCUT2D eigenvalue weighted by Crippen LogP contribution is 2.09. The van der Waals surface area contributed by atoms with Crippen molar-refractivity contribution in [3.05, 3.63) is 47.3 Å². The molecule has 21 heavy (non-hydrogen) atoms. The number of aliphatic hydroxyl groups excluding tert-OH is 1. The van der Waals surface area contributed by atoms with E-state index in [0.29, 0.717) is 18.7 Å². The van der Waals surface area contributed by atoms with Gasteiger partial charge in [-0.25, -0.2) is 9.48 Å². The summed E-state index contributed by atoms with van der Waals surface area (Å²) in [5, 5.41) is 16.6. The fourth-order valence-corrected chi connectivity index (χ4v) is 1.93. The third-order valence-electron chi connectivity index (χ3n) is 3.17. The van der Waals surface area contributed by atoms with Crippen molar-refractivity contribution >= 4 is 5.97 Å². The Bertz CT molecular complexity index is 581. The molecule has 0 fully saturated rings. The predicted molar refractivity (Wildman–Crippen MR) is 76.6 cm³/mol. The number of unbranched alkanes of at least 4 members (excludes halogenated alkanes) is 1. The van der Waals surface area contributed by atoms with Crippen LogP contribution in [-0.4, -0.2) is 32.7 Å². The highest BCUT2D eigenvalue weighted by atomic mass is 16.5. The fourth-order valence-electron chi connectivity index (χ4n) is 1.93. The van der Waals surface area contributed by atoms with E-state index < -0.39 is 5.97 Å². The van der Waals surface area contributed by atoms with Gasteiger partial charge < -0.3 is 9.84 Å². The van der Waals surface area contributed by atoms with Crippen molar-refractivity contribution in [3.63, 3.8) is 0 Å². The second-order valence-corrected chi connectivity index (χ2v) is 4.74. The summed E-state index contributed by atoms with van der Waals surface area (Å²) in [4.78, 5) is 12.0. The van der Waals surface area contributed by atoms with E-state index in [1.807, 2.05) is 30.3 Å². The predicted octanol–water partition coefficient (Wildman–Crippen LogP) is 1.72. The molecule has 0 aliphatic heterocycles. The maximum absolute atomic E-state index is 12.0. The monoisotopic (exact) mass is 289 g/mol. The van der Waals surface area contributed by atoms with E-state index in [9.17, 15) is 4.79 Å². The van der Waals surface area contributed by atoms with Crippen LogP contribution in [0.4, 0.5) is 0 Å². The van der Waals surface area contributed by atoms with Gasteiger partial charge in [0.25, 0.3) is 0 Å². The zero-order chi connectivity index (χ0) is 15.1. The van der Waals surface area contributed by atoms with Crippen LogP contribution in [-0.2, 0) is 17.9 Å². The summed E-state index contributed by atoms with van der Waals surface area (Å²) in [5.41, 5.74) is 1.86. The quantitative estimate of drug-likeness (QED) is 0.620. The number of nitrogens with zero attached hydrogens (tertiary/aromatic N) is 3. The number of ether oxygens (including phenoxy) is 1. The Morgan fingerprint density at radius 2 is 2.05 bits per heavy atom. The van der Waals surface area contributed by atoms with Crippen LogP contribution in [0.5, 0.6) is 0 Å². The van der Waals surface area contributed by atoms with Crippen molar-refractivity contribution in [3.8, 4) is 0 Å². The molecule has 0 bridgehead atoms. The first-order valence-electron chi connectivity index (χ1n) is 6.94.